The molecule has 8 heteroatoms. The zero-order chi connectivity index (χ0) is 22.8. The summed E-state index contributed by atoms with van der Waals surface area (Å²) in [4.78, 5) is 9.07. The molecule has 0 aliphatic rings. The van der Waals surface area contributed by atoms with E-state index >= 15 is 0 Å². The fourth-order valence-corrected chi connectivity index (χ4v) is 5.03. The van der Waals surface area contributed by atoms with E-state index in [4.69, 9.17) is 15.5 Å². The standard InChI is InChI=1S/C23H32N4O3S/c1-6-16(10-12-30-5)15-27-20-8-7-17(13-19(20)26-22(27)23(2,3)4)31(28,29)18-9-11-25-21(24)14-18/h7-9,11,13-14,16H,6,10,12,15H2,1-5H3,(H2,24,25). The molecule has 0 amide bonds. The van der Waals surface area contributed by atoms with Crippen molar-refractivity contribution in [2.24, 2.45) is 5.92 Å². The Morgan fingerprint density at radius 2 is 1.87 bits per heavy atom. The van der Waals surface area contributed by atoms with Crippen molar-refractivity contribution in [2.75, 3.05) is 19.5 Å². The highest BCUT2D eigenvalue weighted by molar-refractivity contribution is 7.91. The van der Waals surface area contributed by atoms with Gasteiger partial charge in [0.25, 0.3) is 0 Å². The van der Waals surface area contributed by atoms with Gasteiger partial charge < -0.3 is 15.0 Å². The predicted molar refractivity (Wildman–Crippen MR) is 123 cm³/mol. The molecule has 0 bridgehead atoms. The molecule has 0 aliphatic carbocycles. The quantitative estimate of drug-likeness (QED) is 0.559. The first-order valence-electron chi connectivity index (χ1n) is 10.5. The van der Waals surface area contributed by atoms with Gasteiger partial charge >= 0.3 is 0 Å². The Labute approximate surface area is 184 Å². The van der Waals surface area contributed by atoms with Crippen LogP contribution in [0.4, 0.5) is 5.82 Å². The number of benzene rings is 1. The van der Waals surface area contributed by atoms with Crippen molar-refractivity contribution in [1.82, 2.24) is 14.5 Å². The Hall–Kier alpha value is -2.45. The minimum atomic E-state index is -3.72. The van der Waals surface area contributed by atoms with Crippen molar-refractivity contribution in [1.29, 1.82) is 0 Å². The number of pyridine rings is 1. The van der Waals surface area contributed by atoms with E-state index in [0.717, 1.165) is 30.7 Å². The molecule has 0 spiro atoms. The van der Waals surface area contributed by atoms with Crippen LogP contribution in [0.1, 0.15) is 46.4 Å². The molecule has 3 rings (SSSR count). The van der Waals surface area contributed by atoms with E-state index in [0.29, 0.717) is 18.0 Å². The number of nitrogens with zero attached hydrogens (tertiary/aromatic N) is 3. The maximum absolute atomic E-state index is 13.1. The maximum Gasteiger partial charge on any atom is 0.206 e. The first-order valence-corrected chi connectivity index (χ1v) is 12.0. The van der Waals surface area contributed by atoms with Gasteiger partial charge in [0.15, 0.2) is 0 Å². The van der Waals surface area contributed by atoms with Crippen LogP contribution < -0.4 is 5.73 Å². The van der Waals surface area contributed by atoms with Gasteiger partial charge in [-0.05, 0) is 42.7 Å². The molecule has 0 saturated heterocycles. The first-order chi connectivity index (χ1) is 14.6. The SMILES string of the molecule is CCC(CCOC)Cn1c(C(C)(C)C)nc2cc(S(=O)(=O)c3ccnc(N)c3)ccc21. The lowest BCUT2D eigenvalue weighted by atomic mass is 9.95. The number of hydrogen-bond donors (Lipinski definition) is 1. The minimum absolute atomic E-state index is 0.125. The van der Waals surface area contributed by atoms with Crippen LogP contribution in [0.15, 0.2) is 46.3 Å². The van der Waals surface area contributed by atoms with E-state index < -0.39 is 9.84 Å². The van der Waals surface area contributed by atoms with E-state index in [1.165, 1.54) is 18.3 Å². The van der Waals surface area contributed by atoms with Crippen LogP contribution in [0.3, 0.4) is 0 Å². The molecule has 0 saturated carbocycles. The zero-order valence-corrected chi connectivity index (χ0v) is 19.7. The average molecular weight is 445 g/mol. The van der Waals surface area contributed by atoms with Gasteiger partial charge in [0.05, 0.1) is 20.8 Å². The lowest BCUT2D eigenvalue weighted by molar-refractivity contribution is 0.171. The molecule has 2 aromatic heterocycles. The van der Waals surface area contributed by atoms with Gasteiger partial charge in [-0.2, -0.15) is 0 Å². The zero-order valence-electron chi connectivity index (χ0n) is 18.9. The molecule has 2 heterocycles. The van der Waals surface area contributed by atoms with Gasteiger partial charge in [0.2, 0.25) is 9.84 Å². The molecule has 1 atom stereocenters. The summed E-state index contributed by atoms with van der Waals surface area (Å²) in [5.74, 6) is 1.56. The number of hydrogen-bond acceptors (Lipinski definition) is 6. The van der Waals surface area contributed by atoms with Crippen LogP contribution in [-0.4, -0.2) is 36.7 Å². The Balaban J connectivity index is 2.10. The summed E-state index contributed by atoms with van der Waals surface area (Å²) < 4.78 is 33.8. The van der Waals surface area contributed by atoms with Crippen molar-refractivity contribution in [3.05, 3.63) is 42.4 Å². The van der Waals surface area contributed by atoms with Crippen LogP contribution in [-0.2, 0) is 26.5 Å². The number of nitrogen functional groups attached to an aromatic ring is 1. The molecule has 0 aliphatic heterocycles. The second-order valence-corrected chi connectivity index (χ2v) is 10.9. The Morgan fingerprint density at radius 1 is 1.16 bits per heavy atom. The second-order valence-electron chi connectivity index (χ2n) is 8.92. The number of rotatable bonds is 8. The van der Waals surface area contributed by atoms with Crippen molar-refractivity contribution in [3.8, 4) is 0 Å². The number of sulfone groups is 1. The highest BCUT2D eigenvalue weighted by Gasteiger charge is 2.26. The molecule has 31 heavy (non-hydrogen) atoms. The lowest BCUT2D eigenvalue weighted by Gasteiger charge is -2.23. The number of nitrogens with two attached hydrogens (primary N) is 1. The monoisotopic (exact) mass is 444 g/mol. The van der Waals surface area contributed by atoms with E-state index in [9.17, 15) is 8.42 Å². The predicted octanol–water partition coefficient (Wildman–Crippen LogP) is 4.21. The van der Waals surface area contributed by atoms with Gasteiger partial charge in [-0.25, -0.2) is 18.4 Å². The van der Waals surface area contributed by atoms with Crippen molar-refractivity contribution >= 4 is 26.7 Å². The summed E-state index contributed by atoms with van der Waals surface area (Å²) in [7, 11) is -2.00. The van der Waals surface area contributed by atoms with E-state index in [1.807, 2.05) is 6.07 Å². The molecule has 0 fully saturated rings. The topological polar surface area (TPSA) is 100 Å². The van der Waals surface area contributed by atoms with Crippen LogP contribution in [0.5, 0.6) is 0 Å². The summed E-state index contributed by atoms with van der Waals surface area (Å²) in [6, 6.07) is 7.99. The van der Waals surface area contributed by atoms with Crippen LogP contribution in [0, 0.1) is 5.92 Å². The summed E-state index contributed by atoms with van der Waals surface area (Å²) in [6.07, 6.45) is 3.40. The molecule has 168 valence electrons. The Kier molecular flexibility index (Phi) is 6.71. The molecular weight excluding hydrogens is 412 g/mol. The van der Waals surface area contributed by atoms with Gasteiger partial charge in [-0.1, -0.05) is 34.1 Å². The summed E-state index contributed by atoms with van der Waals surface area (Å²) >= 11 is 0. The number of aromatic nitrogens is 3. The molecule has 7 nitrogen and oxygen atoms in total. The summed E-state index contributed by atoms with van der Waals surface area (Å²) in [5.41, 5.74) is 7.12. The van der Waals surface area contributed by atoms with Crippen molar-refractivity contribution in [2.45, 2.75) is 62.3 Å². The number of methoxy groups -OCH3 is 1. The van der Waals surface area contributed by atoms with E-state index in [1.54, 1.807) is 19.2 Å². The smallest absolute Gasteiger partial charge is 0.206 e. The van der Waals surface area contributed by atoms with Crippen LogP contribution in [0.2, 0.25) is 0 Å². The Morgan fingerprint density at radius 3 is 2.48 bits per heavy atom. The molecule has 2 N–H and O–H groups in total. The molecule has 0 radical (unpaired) electrons. The van der Waals surface area contributed by atoms with E-state index in [2.05, 4.69) is 37.2 Å². The van der Waals surface area contributed by atoms with E-state index in [-0.39, 0.29) is 21.0 Å². The molecule has 1 aromatic carbocycles. The molecule has 1 unspecified atom stereocenters. The fourth-order valence-electron chi connectivity index (χ4n) is 3.73. The third-order valence-electron chi connectivity index (χ3n) is 5.51. The minimum Gasteiger partial charge on any atom is -0.385 e. The fraction of sp³-hybridized carbons (Fsp3) is 0.478. The van der Waals surface area contributed by atoms with Gasteiger partial charge in [0.1, 0.15) is 11.6 Å². The van der Waals surface area contributed by atoms with Gasteiger partial charge in [-0.3, -0.25) is 0 Å². The molecular formula is C23H32N4O3S. The lowest BCUT2D eigenvalue weighted by Crippen LogP contribution is -2.22. The number of fused-ring (bicyclic) bond motifs is 1. The Bertz CT molecular complexity index is 1160. The van der Waals surface area contributed by atoms with Crippen molar-refractivity contribution in [3.63, 3.8) is 0 Å². The van der Waals surface area contributed by atoms with Crippen LogP contribution in [0.25, 0.3) is 11.0 Å². The maximum atomic E-state index is 13.1. The number of imidazole rings is 1. The second kappa shape index (κ2) is 8.96. The average Bonchev–Trinajstić information content (AvgIpc) is 3.09. The highest BCUT2D eigenvalue weighted by atomic mass is 32.2. The normalized spacial score (nSPS) is 13.6. The highest BCUT2D eigenvalue weighted by Crippen LogP contribution is 2.31. The summed E-state index contributed by atoms with van der Waals surface area (Å²) in [5, 5.41) is 0. The number of ether oxygens (including phenoxy) is 1. The summed E-state index contributed by atoms with van der Waals surface area (Å²) in [6.45, 7) is 10.1. The van der Waals surface area contributed by atoms with Crippen molar-refractivity contribution < 1.29 is 13.2 Å². The number of anilines is 1. The van der Waals surface area contributed by atoms with Gasteiger partial charge in [-0.15, -0.1) is 0 Å². The third kappa shape index (κ3) is 4.91. The van der Waals surface area contributed by atoms with Crippen LogP contribution >= 0.6 is 0 Å². The largest absolute Gasteiger partial charge is 0.385 e. The molecule has 3 aromatic rings. The third-order valence-corrected chi connectivity index (χ3v) is 7.26. The first kappa shape index (κ1) is 23.2. The van der Waals surface area contributed by atoms with Gasteiger partial charge in [0, 0.05) is 31.9 Å².